The average Bonchev–Trinajstić information content (AvgIpc) is 2.72. The van der Waals surface area contributed by atoms with Gasteiger partial charge < -0.3 is 4.74 Å². The van der Waals surface area contributed by atoms with Crippen molar-refractivity contribution in [1.82, 2.24) is 9.55 Å². The molecule has 18 heavy (non-hydrogen) atoms. The van der Waals surface area contributed by atoms with E-state index in [9.17, 15) is 4.79 Å². The van der Waals surface area contributed by atoms with Crippen LogP contribution in [-0.4, -0.2) is 15.5 Å². The number of carbonyl (C=O) groups is 1. The number of nitriles is 1. The third kappa shape index (κ3) is 1.40. The third-order valence-corrected chi connectivity index (χ3v) is 3.08. The standard InChI is InChI=1S/C12H6ClN3O2/c13-7-2-1-3-9-11(7)12(17)18-5-10-8(4-14)15-6-16(9)10/h1-3,6H,5H2. The Hall–Kier alpha value is -2.32. The number of cyclic esters (lactones) is 1. The summed E-state index contributed by atoms with van der Waals surface area (Å²) in [7, 11) is 0. The molecule has 1 aromatic carbocycles. The van der Waals surface area contributed by atoms with Gasteiger partial charge in [0.25, 0.3) is 0 Å². The van der Waals surface area contributed by atoms with Gasteiger partial charge in [0, 0.05) is 0 Å². The van der Waals surface area contributed by atoms with Crippen molar-refractivity contribution in [2.45, 2.75) is 6.61 Å². The number of benzene rings is 1. The van der Waals surface area contributed by atoms with Crippen molar-refractivity contribution in [3.8, 4) is 11.8 Å². The van der Waals surface area contributed by atoms with Crippen LogP contribution in [0.3, 0.4) is 0 Å². The Kier molecular flexibility index (Phi) is 2.32. The van der Waals surface area contributed by atoms with Crippen LogP contribution in [0, 0.1) is 11.3 Å². The molecular formula is C12H6ClN3O2. The molecule has 3 rings (SSSR count). The van der Waals surface area contributed by atoms with E-state index in [0.29, 0.717) is 22.0 Å². The third-order valence-electron chi connectivity index (χ3n) is 2.77. The Labute approximate surface area is 107 Å². The molecule has 6 heteroatoms. The van der Waals surface area contributed by atoms with Crippen LogP contribution in [-0.2, 0) is 11.3 Å². The molecule has 0 atom stereocenters. The maximum Gasteiger partial charge on any atom is 0.342 e. The molecule has 0 saturated heterocycles. The largest absolute Gasteiger partial charge is 0.455 e. The van der Waals surface area contributed by atoms with Crippen molar-refractivity contribution in [2.75, 3.05) is 0 Å². The Morgan fingerprint density at radius 1 is 1.50 bits per heavy atom. The second-order valence-electron chi connectivity index (χ2n) is 3.73. The fourth-order valence-electron chi connectivity index (χ4n) is 1.93. The van der Waals surface area contributed by atoms with Gasteiger partial charge in [-0.1, -0.05) is 17.7 Å². The normalized spacial score (nSPS) is 13.0. The van der Waals surface area contributed by atoms with E-state index in [1.807, 2.05) is 6.07 Å². The van der Waals surface area contributed by atoms with Crippen molar-refractivity contribution in [1.29, 1.82) is 5.26 Å². The lowest BCUT2D eigenvalue weighted by atomic mass is 10.1. The minimum absolute atomic E-state index is 0.00668. The summed E-state index contributed by atoms with van der Waals surface area (Å²) in [6.45, 7) is 0.00668. The van der Waals surface area contributed by atoms with Crippen molar-refractivity contribution in [3.63, 3.8) is 0 Å². The van der Waals surface area contributed by atoms with Crippen LogP contribution >= 0.6 is 11.6 Å². The Morgan fingerprint density at radius 2 is 2.33 bits per heavy atom. The summed E-state index contributed by atoms with van der Waals surface area (Å²) >= 11 is 6.02. The summed E-state index contributed by atoms with van der Waals surface area (Å²) in [6, 6.07) is 7.05. The molecule has 0 aliphatic carbocycles. The van der Waals surface area contributed by atoms with Gasteiger partial charge in [-0.05, 0) is 12.1 Å². The maximum absolute atomic E-state index is 11.9. The van der Waals surface area contributed by atoms with Crippen LogP contribution in [0.2, 0.25) is 5.02 Å². The highest BCUT2D eigenvalue weighted by atomic mass is 35.5. The molecule has 1 aromatic heterocycles. The van der Waals surface area contributed by atoms with Crippen LogP contribution in [0.5, 0.6) is 0 Å². The molecular weight excluding hydrogens is 254 g/mol. The van der Waals surface area contributed by atoms with Gasteiger partial charge in [-0.3, -0.25) is 4.57 Å². The minimum atomic E-state index is -0.497. The lowest BCUT2D eigenvalue weighted by Gasteiger charge is -2.07. The second-order valence-corrected chi connectivity index (χ2v) is 4.14. The SMILES string of the molecule is N#Cc1ncn2c1COC(=O)c1c(Cl)cccc1-2. The number of esters is 1. The summed E-state index contributed by atoms with van der Waals surface area (Å²) in [6.07, 6.45) is 1.49. The smallest absolute Gasteiger partial charge is 0.342 e. The number of rotatable bonds is 0. The average molecular weight is 260 g/mol. The van der Waals surface area contributed by atoms with Gasteiger partial charge in [-0.25, -0.2) is 9.78 Å². The first-order valence-electron chi connectivity index (χ1n) is 5.14. The second kappa shape index (κ2) is 3.86. The zero-order valence-electron chi connectivity index (χ0n) is 9.05. The van der Waals surface area contributed by atoms with E-state index in [1.54, 1.807) is 22.8 Å². The predicted octanol–water partition coefficient (Wildman–Crippen LogP) is 2.07. The number of ether oxygens (including phenoxy) is 1. The first-order valence-corrected chi connectivity index (χ1v) is 5.52. The zero-order chi connectivity index (χ0) is 12.7. The molecule has 0 radical (unpaired) electrons. The maximum atomic E-state index is 11.9. The summed E-state index contributed by atoms with van der Waals surface area (Å²) in [5.74, 6) is -0.497. The van der Waals surface area contributed by atoms with E-state index in [2.05, 4.69) is 4.98 Å². The van der Waals surface area contributed by atoms with Gasteiger partial charge in [-0.2, -0.15) is 5.26 Å². The highest BCUT2D eigenvalue weighted by molar-refractivity contribution is 6.34. The lowest BCUT2D eigenvalue weighted by Crippen LogP contribution is -2.05. The van der Waals surface area contributed by atoms with E-state index < -0.39 is 5.97 Å². The fourth-order valence-corrected chi connectivity index (χ4v) is 2.18. The highest BCUT2D eigenvalue weighted by Gasteiger charge is 2.25. The van der Waals surface area contributed by atoms with E-state index in [-0.39, 0.29) is 12.3 Å². The quantitative estimate of drug-likeness (QED) is 0.679. The number of nitrogens with zero attached hydrogens (tertiary/aromatic N) is 3. The number of hydrogen-bond acceptors (Lipinski definition) is 4. The number of fused-ring (bicyclic) bond motifs is 3. The van der Waals surface area contributed by atoms with Gasteiger partial charge in [0.05, 0.1) is 16.4 Å². The first kappa shape index (κ1) is 10.8. The molecule has 5 nitrogen and oxygen atoms in total. The molecule has 0 fully saturated rings. The van der Waals surface area contributed by atoms with E-state index in [0.717, 1.165) is 0 Å². The molecule has 88 valence electrons. The number of hydrogen-bond donors (Lipinski definition) is 0. The lowest BCUT2D eigenvalue weighted by molar-refractivity contribution is 0.0475. The van der Waals surface area contributed by atoms with Crippen molar-refractivity contribution in [3.05, 3.63) is 46.5 Å². The number of carbonyl (C=O) groups excluding carboxylic acids is 1. The van der Waals surface area contributed by atoms with Crippen LogP contribution in [0.1, 0.15) is 21.7 Å². The van der Waals surface area contributed by atoms with Gasteiger partial charge >= 0.3 is 5.97 Å². The molecule has 1 aliphatic rings. The highest BCUT2D eigenvalue weighted by Crippen LogP contribution is 2.29. The summed E-state index contributed by atoms with van der Waals surface area (Å²) in [5, 5.41) is 9.27. The van der Waals surface area contributed by atoms with Crippen LogP contribution in [0.25, 0.3) is 5.69 Å². The van der Waals surface area contributed by atoms with Crippen molar-refractivity contribution >= 4 is 17.6 Å². The molecule has 0 bridgehead atoms. The molecule has 0 amide bonds. The molecule has 0 saturated carbocycles. The molecule has 2 heterocycles. The Balaban J connectivity index is 2.35. The Morgan fingerprint density at radius 3 is 3.11 bits per heavy atom. The first-order chi connectivity index (χ1) is 8.72. The monoisotopic (exact) mass is 259 g/mol. The zero-order valence-corrected chi connectivity index (χ0v) is 9.81. The molecule has 0 N–H and O–H groups in total. The van der Waals surface area contributed by atoms with Crippen molar-refractivity contribution in [2.24, 2.45) is 0 Å². The Bertz CT molecular complexity index is 700. The van der Waals surface area contributed by atoms with E-state index >= 15 is 0 Å². The van der Waals surface area contributed by atoms with Gasteiger partial charge in [-0.15, -0.1) is 0 Å². The van der Waals surface area contributed by atoms with Crippen molar-refractivity contribution < 1.29 is 9.53 Å². The fraction of sp³-hybridized carbons (Fsp3) is 0.0833. The van der Waals surface area contributed by atoms with Crippen LogP contribution in [0.15, 0.2) is 24.5 Å². The van der Waals surface area contributed by atoms with E-state index in [1.165, 1.54) is 6.33 Å². The van der Waals surface area contributed by atoms with Crippen LogP contribution in [0.4, 0.5) is 0 Å². The number of aromatic nitrogens is 2. The topological polar surface area (TPSA) is 67.9 Å². The van der Waals surface area contributed by atoms with Gasteiger partial charge in [0.1, 0.15) is 24.6 Å². The molecule has 0 unspecified atom stereocenters. The summed E-state index contributed by atoms with van der Waals surface area (Å²) in [4.78, 5) is 15.8. The predicted molar refractivity (Wildman–Crippen MR) is 62.4 cm³/mol. The summed E-state index contributed by atoms with van der Waals surface area (Å²) < 4.78 is 6.76. The summed E-state index contributed by atoms with van der Waals surface area (Å²) in [5.41, 5.74) is 1.66. The molecule has 2 aromatic rings. The molecule has 1 aliphatic heterocycles. The molecule has 0 spiro atoms. The number of halogens is 1. The van der Waals surface area contributed by atoms with E-state index in [4.69, 9.17) is 21.6 Å². The van der Waals surface area contributed by atoms with Gasteiger partial charge in [0.2, 0.25) is 0 Å². The minimum Gasteiger partial charge on any atom is -0.455 e. The van der Waals surface area contributed by atoms with Gasteiger partial charge in [0.15, 0.2) is 5.69 Å². The van der Waals surface area contributed by atoms with Crippen LogP contribution < -0.4 is 0 Å². The number of imidazole rings is 1.